The fourth-order valence-electron chi connectivity index (χ4n) is 1.84. The number of hydrogen-bond donors (Lipinski definition) is 1. The first-order chi connectivity index (χ1) is 11.1. The summed E-state index contributed by atoms with van der Waals surface area (Å²) in [5.41, 5.74) is -0.278. The highest BCUT2D eigenvalue weighted by atomic mass is 127. The second-order valence-electron chi connectivity index (χ2n) is 4.75. The van der Waals surface area contributed by atoms with E-state index in [1.807, 2.05) is 22.6 Å². The smallest absolute Gasteiger partial charge is 0.362 e. The summed E-state index contributed by atoms with van der Waals surface area (Å²) in [5, 5.41) is 4.13. The third kappa shape index (κ3) is 4.68. The van der Waals surface area contributed by atoms with Gasteiger partial charge in [-0.15, -0.1) is 0 Å². The standard InChI is InChI=1S/C13H13F3IN3O3S/c1-23-8-20-7-9(12(17)19-20)6-18-24(21,22)11-4-2-10(3-5-11)13(14,15)16/h2-5,7,18H,6,8H2,1H3. The van der Waals surface area contributed by atoms with Crippen LogP contribution in [0.25, 0.3) is 0 Å². The average Bonchev–Trinajstić information content (AvgIpc) is 2.85. The maximum atomic E-state index is 12.5. The average molecular weight is 475 g/mol. The van der Waals surface area contributed by atoms with Crippen LogP contribution in [0.1, 0.15) is 11.1 Å². The molecule has 0 saturated heterocycles. The first kappa shape index (κ1) is 19.1. The van der Waals surface area contributed by atoms with Crippen molar-refractivity contribution >= 4 is 32.6 Å². The van der Waals surface area contributed by atoms with Gasteiger partial charge in [0.2, 0.25) is 10.0 Å². The van der Waals surface area contributed by atoms with Crippen LogP contribution in [0.4, 0.5) is 13.2 Å². The molecule has 0 unspecified atom stereocenters. The Balaban J connectivity index is 2.11. The number of benzene rings is 1. The molecule has 2 aromatic rings. The number of nitrogens with one attached hydrogen (secondary N) is 1. The van der Waals surface area contributed by atoms with E-state index in [2.05, 4.69) is 9.82 Å². The van der Waals surface area contributed by atoms with E-state index in [1.165, 1.54) is 11.8 Å². The molecule has 0 atom stereocenters. The van der Waals surface area contributed by atoms with Gasteiger partial charge in [-0.25, -0.2) is 17.8 Å². The molecular formula is C13H13F3IN3O3S. The zero-order chi connectivity index (χ0) is 18.0. The summed E-state index contributed by atoms with van der Waals surface area (Å²) in [7, 11) is -2.43. The van der Waals surface area contributed by atoms with Crippen LogP contribution >= 0.6 is 22.6 Å². The van der Waals surface area contributed by atoms with E-state index >= 15 is 0 Å². The maximum absolute atomic E-state index is 12.5. The Bertz CT molecular complexity index is 804. The van der Waals surface area contributed by atoms with Crippen molar-refractivity contribution in [2.45, 2.75) is 24.3 Å². The molecule has 0 aliphatic rings. The molecule has 0 aliphatic heterocycles. The van der Waals surface area contributed by atoms with E-state index in [0.717, 1.165) is 24.3 Å². The van der Waals surface area contributed by atoms with E-state index in [-0.39, 0.29) is 18.2 Å². The molecule has 1 N–H and O–H groups in total. The molecule has 1 heterocycles. The molecular weight excluding hydrogens is 462 g/mol. The van der Waals surface area contributed by atoms with Crippen molar-refractivity contribution in [1.29, 1.82) is 0 Å². The predicted molar refractivity (Wildman–Crippen MR) is 87.4 cm³/mol. The van der Waals surface area contributed by atoms with Crippen molar-refractivity contribution < 1.29 is 26.3 Å². The number of nitrogens with zero attached hydrogens (tertiary/aromatic N) is 2. The minimum Gasteiger partial charge on any atom is -0.362 e. The highest BCUT2D eigenvalue weighted by Crippen LogP contribution is 2.29. The second-order valence-corrected chi connectivity index (χ2v) is 7.54. The molecule has 1 aromatic heterocycles. The van der Waals surface area contributed by atoms with E-state index in [4.69, 9.17) is 4.74 Å². The minimum atomic E-state index is -4.51. The molecule has 0 radical (unpaired) electrons. The number of alkyl halides is 3. The molecule has 0 aliphatic carbocycles. The van der Waals surface area contributed by atoms with Gasteiger partial charge in [0.25, 0.3) is 0 Å². The van der Waals surface area contributed by atoms with Crippen LogP contribution in [0.2, 0.25) is 0 Å². The number of hydrogen-bond acceptors (Lipinski definition) is 4. The van der Waals surface area contributed by atoms with Gasteiger partial charge in [-0.05, 0) is 46.9 Å². The van der Waals surface area contributed by atoms with Gasteiger partial charge in [-0.2, -0.15) is 18.3 Å². The zero-order valence-corrected chi connectivity index (χ0v) is 15.3. The van der Waals surface area contributed by atoms with Crippen LogP contribution in [0.3, 0.4) is 0 Å². The third-order valence-electron chi connectivity index (χ3n) is 2.99. The van der Waals surface area contributed by atoms with E-state index < -0.39 is 21.8 Å². The summed E-state index contributed by atoms with van der Waals surface area (Å²) in [6.07, 6.45) is -2.89. The SMILES string of the molecule is COCn1cc(CNS(=O)(=O)c2ccc(C(F)(F)F)cc2)c(I)n1. The molecule has 0 fully saturated rings. The predicted octanol–water partition coefficient (Wildman–Crippen LogP) is 2.59. The summed E-state index contributed by atoms with van der Waals surface area (Å²) >= 11 is 1.95. The quantitative estimate of drug-likeness (QED) is 0.653. The first-order valence-electron chi connectivity index (χ1n) is 6.51. The Kier molecular flexibility index (Phi) is 5.88. The Labute approximate surface area is 150 Å². The molecule has 0 spiro atoms. The molecule has 1 aromatic carbocycles. The van der Waals surface area contributed by atoms with Gasteiger partial charge < -0.3 is 4.74 Å². The van der Waals surface area contributed by atoms with Crippen LogP contribution in [-0.2, 0) is 34.2 Å². The summed E-state index contributed by atoms with van der Waals surface area (Å²) in [6, 6.07) is 3.30. The van der Waals surface area contributed by atoms with Gasteiger partial charge >= 0.3 is 6.18 Å². The highest BCUT2D eigenvalue weighted by molar-refractivity contribution is 14.1. The summed E-state index contributed by atoms with van der Waals surface area (Å²) in [4.78, 5) is -0.241. The van der Waals surface area contributed by atoms with Crippen molar-refractivity contribution in [1.82, 2.24) is 14.5 Å². The lowest BCUT2D eigenvalue weighted by Gasteiger charge is -2.09. The Morgan fingerprint density at radius 2 is 1.92 bits per heavy atom. The summed E-state index contributed by atoms with van der Waals surface area (Å²) < 4.78 is 71.2. The minimum absolute atomic E-state index is 0.0364. The normalized spacial score (nSPS) is 12.5. The van der Waals surface area contributed by atoms with Gasteiger partial charge in [0, 0.05) is 25.4 Å². The molecule has 6 nitrogen and oxygen atoms in total. The van der Waals surface area contributed by atoms with Crippen molar-refractivity contribution in [3.63, 3.8) is 0 Å². The van der Waals surface area contributed by atoms with Gasteiger partial charge in [-0.1, -0.05) is 0 Å². The molecule has 2 rings (SSSR count). The fraction of sp³-hybridized carbons (Fsp3) is 0.308. The van der Waals surface area contributed by atoms with Gasteiger partial charge in [0.05, 0.1) is 10.5 Å². The number of halogens is 4. The lowest BCUT2D eigenvalue weighted by atomic mass is 10.2. The molecule has 11 heteroatoms. The van der Waals surface area contributed by atoms with Crippen molar-refractivity contribution in [3.05, 3.63) is 45.3 Å². The van der Waals surface area contributed by atoms with E-state index in [0.29, 0.717) is 9.26 Å². The Morgan fingerprint density at radius 1 is 1.29 bits per heavy atom. The fourth-order valence-corrected chi connectivity index (χ4v) is 3.45. The zero-order valence-electron chi connectivity index (χ0n) is 12.3. The molecule has 0 saturated carbocycles. The lowest BCUT2D eigenvalue weighted by molar-refractivity contribution is -0.137. The van der Waals surface area contributed by atoms with Gasteiger partial charge in [-0.3, -0.25) is 0 Å². The van der Waals surface area contributed by atoms with Crippen LogP contribution in [-0.4, -0.2) is 25.3 Å². The Morgan fingerprint density at radius 3 is 2.46 bits per heavy atom. The number of rotatable bonds is 6. The van der Waals surface area contributed by atoms with E-state index in [9.17, 15) is 21.6 Å². The van der Waals surface area contributed by atoms with Gasteiger partial charge in [0.1, 0.15) is 10.4 Å². The van der Waals surface area contributed by atoms with Crippen LogP contribution in [0, 0.1) is 3.70 Å². The van der Waals surface area contributed by atoms with Crippen molar-refractivity contribution in [2.24, 2.45) is 0 Å². The topological polar surface area (TPSA) is 73.2 Å². The number of sulfonamides is 1. The summed E-state index contributed by atoms with van der Waals surface area (Å²) in [5.74, 6) is 0. The van der Waals surface area contributed by atoms with Crippen LogP contribution in [0.5, 0.6) is 0 Å². The molecule has 0 amide bonds. The van der Waals surface area contributed by atoms with Crippen molar-refractivity contribution in [2.75, 3.05) is 7.11 Å². The Hall–Kier alpha value is -1.18. The lowest BCUT2D eigenvalue weighted by Crippen LogP contribution is -2.23. The number of aromatic nitrogens is 2. The maximum Gasteiger partial charge on any atom is 0.416 e. The monoisotopic (exact) mass is 475 g/mol. The van der Waals surface area contributed by atoms with Crippen LogP contribution in [0.15, 0.2) is 35.4 Å². The highest BCUT2D eigenvalue weighted by Gasteiger charge is 2.30. The second kappa shape index (κ2) is 7.37. The largest absolute Gasteiger partial charge is 0.416 e. The van der Waals surface area contributed by atoms with E-state index in [1.54, 1.807) is 6.20 Å². The number of ether oxygens (including phenoxy) is 1. The van der Waals surface area contributed by atoms with Crippen LogP contribution < -0.4 is 4.72 Å². The third-order valence-corrected chi connectivity index (χ3v) is 5.32. The number of methoxy groups -OCH3 is 1. The molecule has 132 valence electrons. The molecule has 24 heavy (non-hydrogen) atoms. The molecule has 0 bridgehead atoms. The van der Waals surface area contributed by atoms with Gasteiger partial charge in [0.15, 0.2) is 0 Å². The summed E-state index contributed by atoms with van der Waals surface area (Å²) in [6.45, 7) is 0.187. The first-order valence-corrected chi connectivity index (χ1v) is 9.07. The van der Waals surface area contributed by atoms with Crippen molar-refractivity contribution in [3.8, 4) is 0 Å².